The molecule has 2 aromatic heterocycles. The van der Waals surface area contributed by atoms with Gasteiger partial charge < -0.3 is 4.90 Å². The number of nitrogens with one attached hydrogen (secondary N) is 1. The van der Waals surface area contributed by atoms with E-state index in [1.165, 1.54) is 0 Å². The van der Waals surface area contributed by atoms with Crippen molar-refractivity contribution < 1.29 is 10.0 Å². The second-order valence-electron chi connectivity index (χ2n) is 5.10. The summed E-state index contributed by atoms with van der Waals surface area (Å²) in [5.74, 6) is 1.04. The third-order valence-electron chi connectivity index (χ3n) is 3.51. The molecule has 120 valence electrons. The fraction of sp³-hybridized carbons (Fsp3) is 0.0556. The SMILES string of the molecule is O=C(NO)c1ccc(CN(c2ccccn2)c2ccccn2)cc1. The van der Waals surface area contributed by atoms with E-state index in [9.17, 15) is 4.79 Å². The zero-order chi connectivity index (χ0) is 16.8. The lowest BCUT2D eigenvalue weighted by Crippen LogP contribution is -2.20. The minimum atomic E-state index is -0.534. The number of pyridine rings is 2. The van der Waals surface area contributed by atoms with Gasteiger partial charge in [0.2, 0.25) is 0 Å². The fourth-order valence-corrected chi connectivity index (χ4v) is 2.31. The smallest absolute Gasteiger partial charge is 0.274 e. The van der Waals surface area contributed by atoms with Gasteiger partial charge in [0, 0.05) is 18.0 Å². The molecule has 0 saturated carbocycles. The van der Waals surface area contributed by atoms with Gasteiger partial charge >= 0.3 is 0 Å². The summed E-state index contributed by atoms with van der Waals surface area (Å²) in [6, 6.07) is 18.4. The van der Waals surface area contributed by atoms with Gasteiger partial charge in [0.15, 0.2) is 0 Å². The minimum absolute atomic E-state index is 0.392. The Labute approximate surface area is 139 Å². The van der Waals surface area contributed by atoms with Gasteiger partial charge in [-0.05, 0) is 42.0 Å². The quantitative estimate of drug-likeness (QED) is 0.558. The second kappa shape index (κ2) is 7.34. The number of hydrogen-bond donors (Lipinski definition) is 2. The van der Waals surface area contributed by atoms with E-state index < -0.39 is 5.91 Å². The Morgan fingerprint density at radius 2 is 1.50 bits per heavy atom. The summed E-state index contributed by atoms with van der Waals surface area (Å²) < 4.78 is 0. The number of benzene rings is 1. The highest BCUT2D eigenvalue weighted by molar-refractivity contribution is 5.93. The van der Waals surface area contributed by atoms with Gasteiger partial charge in [-0.25, -0.2) is 15.4 Å². The predicted octanol–water partition coefficient (Wildman–Crippen LogP) is 2.93. The maximum Gasteiger partial charge on any atom is 0.274 e. The molecule has 6 heteroatoms. The first-order chi connectivity index (χ1) is 11.8. The van der Waals surface area contributed by atoms with E-state index in [0.717, 1.165) is 17.2 Å². The number of carbonyl (C=O) groups excluding carboxylic acids is 1. The molecule has 0 saturated heterocycles. The predicted molar refractivity (Wildman–Crippen MR) is 90.0 cm³/mol. The summed E-state index contributed by atoms with van der Waals surface area (Å²) in [7, 11) is 0. The highest BCUT2D eigenvalue weighted by Crippen LogP contribution is 2.23. The van der Waals surface area contributed by atoms with Crippen molar-refractivity contribution in [2.75, 3.05) is 4.90 Å². The minimum Gasteiger partial charge on any atom is -0.307 e. The standard InChI is InChI=1S/C18H16N4O2/c23-18(21-24)15-9-7-14(8-10-15)13-22(16-5-1-3-11-19-16)17-6-2-4-12-20-17/h1-12,24H,13H2,(H,21,23). The van der Waals surface area contributed by atoms with Crippen LogP contribution in [0.2, 0.25) is 0 Å². The molecule has 0 aliphatic rings. The summed E-state index contributed by atoms with van der Waals surface area (Å²) in [5, 5.41) is 8.68. The molecule has 0 atom stereocenters. The molecule has 0 aliphatic heterocycles. The summed E-state index contributed by atoms with van der Waals surface area (Å²) in [6.07, 6.45) is 3.47. The molecule has 2 heterocycles. The van der Waals surface area contributed by atoms with E-state index in [-0.39, 0.29) is 0 Å². The number of hydroxylamine groups is 1. The van der Waals surface area contributed by atoms with Gasteiger partial charge in [-0.3, -0.25) is 10.0 Å². The van der Waals surface area contributed by atoms with Crippen molar-refractivity contribution in [2.24, 2.45) is 0 Å². The van der Waals surface area contributed by atoms with Crippen LogP contribution in [-0.2, 0) is 6.54 Å². The normalized spacial score (nSPS) is 10.2. The van der Waals surface area contributed by atoms with Crippen LogP contribution in [-0.4, -0.2) is 21.1 Å². The van der Waals surface area contributed by atoms with Crippen LogP contribution in [0.25, 0.3) is 0 Å². The van der Waals surface area contributed by atoms with Crippen LogP contribution in [0.15, 0.2) is 73.1 Å². The lowest BCUT2D eigenvalue weighted by molar-refractivity contribution is 0.0706. The lowest BCUT2D eigenvalue weighted by Gasteiger charge is -2.22. The van der Waals surface area contributed by atoms with Gasteiger partial charge in [0.05, 0.1) is 6.54 Å². The van der Waals surface area contributed by atoms with E-state index in [2.05, 4.69) is 9.97 Å². The fourth-order valence-electron chi connectivity index (χ4n) is 2.31. The summed E-state index contributed by atoms with van der Waals surface area (Å²) in [4.78, 5) is 22.2. The van der Waals surface area contributed by atoms with Crippen molar-refractivity contribution >= 4 is 17.5 Å². The molecule has 0 bridgehead atoms. The molecule has 6 nitrogen and oxygen atoms in total. The maximum absolute atomic E-state index is 11.4. The number of rotatable bonds is 5. The van der Waals surface area contributed by atoms with Crippen molar-refractivity contribution in [3.63, 3.8) is 0 Å². The zero-order valence-corrected chi connectivity index (χ0v) is 12.8. The molecule has 0 radical (unpaired) electrons. The largest absolute Gasteiger partial charge is 0.307 e. The van der Waals surface area contributed by atoms with Crippen LogP contribution >= 0.6 is 0 Å². The van der Waals surface area contributed by atoms with Crippen LogP contribution in [0, 0.1) is 0 Å². The van der Waals surface area contributed by atoms with Gasteiger partial charge in [-0.2, -0.15) is 0 Å². The zero-order valence-electron chi connectivity index (χ0n) is 12.8. The number of carbonyl (C=O) groups is 1. The molecule has 2 N–H and O–H groups in total. The van der Waals surface area contributed by atoms with Crippen molar-refractivity contribution in [3.8, 4) is 0 Å². The van der Waals surface area contributed by atoms with Gasteiger partial charge in [0.25, 0.3) is 5.91 Å². The van der Waals surface area contributed by atoms with Crippen molar-refractivity contribution in [2.45, 2.75) is 6.54 Å². The molecular weight excluding hydrogens is 304 g/mol. The van der Waals surface area contributed by atoms with Crippen LogP contribution in [0.4, 0.5) is 11.6 Å². The number of nitrogens with zero attached hydrogens (tertiary/aromatic N) is 3. The molecule has 0 fully saturated rings. The van der Waals surface area contributed by atoms with Gasteiger partial charge in [0.1, 0.15) is 11.6 Å². The Morgan fingerprint density at radius 3 is 1.96 bits per heavy atom. The monoisotopic (exact) mass is 320 g/mol. The number of anilines is 2. The van der Waals surface area contributed by atoms with Gasteiger partial charge in [-0.1, -0.05) is 24.3 Å². The Balaban J connectivity index is 1.89. The first kappa shape index (κ1) is 15.6. The Kier molecular flexibility index (Phi) is 4.78. The average molecular weight is 320 g/mol. The molecule has 0 unspecified atom stereocenters. The topological polar surface area (TPSA) is 78.4 Å². The van der Waals surface area contributed by atoms with Crippen LogP contribution in [0.5, 0.6) is 0 Å². The number of aromatic nitrogens is 2. The number of hydrogen-bond acceptors (Lipinski definition) is 5. The van der Waals surface area contributed by atoms with Gasteiger partial charge in [-0.15, -0.1) is 0 Å². The summed E-state index contributed by atoms with van der Waals surface area (Å²) >= 11 is 0. The first-order valence-electron chi connectivity index (χ1n) is 7.41. The molecule has 0 spiro atoms. The van der Waals surface area contributed by atoms with E-state index in [1.807, 2.05) is 53.4 Å². The van der Waals surface area contributed by atoms with E-state index in [1.54, 1.807) is 30.0 Å². The average Bonchev–Trinajstić information content (AvgIpc) is 2.67. The number of amides is 1. The van der Waals surface area contributed by atoms with Crippen LogP contribution < -0.4 is 10.4 Å². The van der Waals surface area contributed by atoms with Crippen LogP contribution in [0.1, 0.15) is 15.9 Å². The van der Waals surface area contributed by atoms with E-state index in [4.69, 9.17) is 5.21 Å². The van der Waals surface area contributed by atoms with Crippen molar-refractivity contribution in [1.82, 2.24) is 15.4 Å². The Hall–Kier alpha value is -3.25. The highest BCUT2D eigenvalue weighted by Gasteiger charge is 2.12. The molecular formula is C18H16N4O2. The third kappa shape index (κ3) is 3.56. The second-order valence-corrected chi connectivity index (χ2v) is 5.10. The Morgan fingerprint density at radius 1 is 0.917 bits per heavy atom. The highest BCUT2D eigenvalue weighted by atomic mass is 16.5. The lowest BCUT2D eigenvalue weighted by atomic mass is 10.1. The molecule has 24 heavy (non-hydrogen) atoms. The first-order valence-corrected chi connectivity index (χ1v) is 7.41. The Bertz CT molecular complexity index is 753. The van der Waals surface area contributed by atoms with Crippen molar-refractivity contribution in [3.05, 3.63) is 84.2 Å². The van der Waals surface area contributed by atoms with E-state index >= 15 is 0 Å². The van der Waals surface area contributed by atoms with Crippen LogP contribution in [0.3, 0.4) is 0 Å². The molecule has 1 amide bonds. The summed E-state index contributed by atoms with van der Waals surface area (Å²) in [5.41, 5.74) is 3.00. The molecule has 1 aromatic carbocycles. The van der Waals surface area contributed by atoms with Crippen molar-refractivity contribution in [1.29, 1.82) is 0 Å². The molecule has 3 rings (SSSR count). The maximum atomic E-state index is 11.4. The van der Waals surface area contributed by atoms with E-state index in [0.29, 0.717) is 12.1 Å². The summed E-state index contributed by atoms with van der Waals surface area (Å²) in [6.45, 7) is 0.551. The molecule has 3 aromatic rings. The molecule has 0 aliphatic carbocycles. The third-order valence-corrected chi connectivity index (χ3v) is 3.51.